The molecule has 6 rings (SSSR count). The summed E-state index contributed by atoms with van der Waals surface area (Å²) in [5, 5.41) is 0.583. The Morgan fingerprint density at radius 2 is 1.63 bits per heavy atom. The van der Waals surface area contributed by atoms with Gasteiger partial charge in [-0.05, 0) is 75.4 Å². The fourth-order valence-corrected chi connectivity index (χ4v) is 6.53. The SMILES string of the molecule is Cc1ccc(C(=O)C(C)OC(=O)c2cc(-c3ccc(N4C(=O)C5CCC(C)CC5C4=O)cc3)nc3ccc(Br)cc23)cc1. The summed E-state index contributed by atoms with van der Waals surface area (Å²) >= 11 is 3.47. The van der Waals surface area contributed by atoms with Gasteiger partial charge >= 0.3 is 5.97 Å². The fraction of sp³-hybridized carbons (Fsp3) is 0.286. The molecule has 2 aliphatic rings. The van der Waals surface area contributed by atoms with Crippen molar-refractivity contribution in [1.82, 2.24) is 4.98 Å². The van der Waals surface area contributed by atoms with E-state index in [1.54, 1.807) is 61.5 Å². The summed E-state index contributed by atoms with van der Waals surface area (Å²) in [4.78, 5) is 58.9. The molecule has 0 N–H and O–H groups in total. The van der Waals surface area contributed by atoms with E-state index in [1.807, 2.05) is 25.1 Å². The van der Waals surface area contributed by atoms with Crippen LogP contribution in [0.25, 0.3) is 22.2 Å². The quantitative estimate of drug-likeness (QED) is 0.125. The standard InChI is InChI=1S/C35H31BrN2O5/c1-19-4-7-23(8-5-19)32(39)21(3)43-35(42)29-18-31(37-30-15-11-24(36)17-27(29)30)22-9-12-25(13-10-22)38-33(40)26-14-6-20(2)16-28(26)34(38)41/h4-5,7-13,15,17-18,20-21,26,28H,6,14,16H2,1-3H3. The normalized spacial score (nSPS) is 20.7. The number of pyridine rings is 1. The van der Waals surface area contributed by atoms with Crippen LogP contribution in [-0.2, 0) is 14.3 Å². The average molecular weight is 640 g/mol. The van der Waals surface area contributed by atoms with Gasteiger partial charge in [-0.25, -0.2) is 9.78 Å². The number of rotatable bonds is 6. The highest BCUT2D eigenvalue weighted by atomic mass is 79.9. The first-order valence-electron chi connectivity index (χ1n) is 14.5. The number of aromatic nitrogens is 1. The molecule has 4 unspecified atom stereocenters. The van der Waals surface area contributed by atoms with E-state index in [-0.39, 0.29) is 35.0 Å². The molecule has 7 nitrogen and oxygen atoms in total. The van der Waals surface area contributed by atoms with Crippen LogP contribution in [0.2, 0.25) is 0 Å². The van der Waals surface area contributed by atoms with Crippen LogP contribution >= 0.6 is 15.9 Å². The number of ketones is 1. The van der Waals surface area contributed by atoms with E-state index in [4.69, 9.17) is 9.72 Å². The average Bonchev–Trinajstić information content (AvgIpc) is 3.25. The van der Waals surface area contributed by atoms with E-state index in [0.717, 1.165) is 29.3 Å². The fourth-order valence-electron chi connectivity index (χ4n) is 6.17. The number of anilines is 1. The molecule has 2 amide bonds. The van der Waals surface area contributed by atoms with E-state index < -0.39 is 12.1 Å². The first-order valence-corrected chi connectivity index (χ1v) is 15.3. The van der Waals surface area contributed by atoms with Gasteiger partial charge in [0.05, 0.1) is 34.3 Å². The van der Waals surface area contributed by atoms with Crippen LogP contribution in [0.4, 0.5) is 5.69 Å². The molecule has 0 radical (unpaired) electrons. The number of halogens is 1. The van der Waals surface area contributed by atoms with Crippen molar-refractivity contribution in [3.63, 3.8) is 0 Å². The Labute approximate surface area is 258 Å². The van der Waals surface area contributed by atoms with Crippen LogP contribution < -0.4 is 4.90 Å². The Hall–Kier alpha value is -4.17. The maximum absolute atomic E-state index is 13.5. The van der Waals surface area contributed by atoms with E-state index in [9.17, 15) is 19.2 Å². The number of Topliss-reactive ketones (excluding diaryl/α,β-unsaturated/α-hetero) is 1. The topological polar surface area (TPSA) is 93.6 Å². The van der Waals surface area contributed by atoms with Gasteiger partial charge in [0.2, 0.25) is 17.6 Å². The Morgan fingerprint density at radius 3 is 2.35 bits per heavy atom. The Morgan fingerprint density at radius 1 is 0.930 bits per heavy atom. The lowest BCUT2D eigenvalue weighted by molar-refractivity contribution is -0.122. The number of amides is 2. The summed E-state index contributed by atoms with van der Waals surface area (Å²) in [6.07, 6.45) is 1.46. The smallest absolute Gasteiger partial charge is 0.339 e. The minimum absolute atomic E-state index is 0.122. The molecule has 1 saturated heterocycles. The number of benzene rings is 3. The molecule has 2 fully saturated rings. The van der Waals surface area contributed by atoms with Crippen LogP contribution in [0, 0.1) is 24.7 Å². The van der Waals surface area contributed by atoms with Crippen LogP contribution in [0.5, 0.6) is 0 Å². The van der Waals surface area contributed by atoms with Crippen molar-refractivity contribution >= 4 is 56.1 Å². The summed E-state index contributed by atoms with van der Waals surface area (Å²) in [6, 6.07) is 21.3. The van der Waals surface area contributed by atoms with Crippen molar-refractivity contribution in [3.8, 4) is 11.3 Å². The number of ether oxygens (including phenoxy) is 1. The van der Waals surface area contributed by atoms with Crippen LogP contribution in [0.1, 0.15) is 59.4 Å². The maximum atomic E-state index is 13.5. The number of hydrogen-bond donors (Lipinski definition) is 0. The number of hydrogen-bond acceptors (Lipinski definition) is 6. The number of aryl methyl sites for hydroxylation is 1. The molecule has 1 aromatic heterocycles. The summed E-state index contributed by atoms with van der Waals surface area (Å²) < 4.78 is 6.44. The van der Waals surface area contributed by atoms with E-state index in [1.165, 1.54) is 4.90 Å². The molecule has 1 aliphatic carbocycles. The van der Waals surface area contributed by atoms with Gasteiger partial charge in [0.25, 0.3) is 0 Å². The minimum atomic E-state index is -0.990. The molecule has 218 valence electrons. The third-order valence-corrected chi connectivity index (χ3v) is 9.08. The van der Waals surface area contributed by atoms with E-state index >= 15 is 0 Å². The largest absolute Gasteiger partial charge is 0.451 e. The van der Waals surface area contributed by atoms with Crippen molar-refractivity contribution in [2.24, 2.45) is 17.8 Å². The third-order valence-electron chi connectivity index (χ3n) is 8.59. The van der Waals surface area contributed by atoms with Crippen molar-refractivity contribution in [2.75, 3.05) is 4.90 Å². The van der Waals surface area contributed by atoms with Crippen molar-refractivity contribution in [3.05, 3.63) is 94.0 Å². The first kappa shape index (κ1) is 28.9. The van der Waals surface area contributed by atoms with Gasteiger partial charge < -0.3 is 4.74 Å². The lowest BCUT2D eigenvalue weighted by atomic mass is 9.76. The van der Waals surface area contributed by atoms with Crippen molar-refractivity contribution < 1.29 is 23.9 Å². The van der Waals surface area contributed by atoms with Crippen LogP contribution in [0.3, 0.4) is 0 Å². The highest BCUT2D eigenvalue weighted by molar-refractivity contribution is 9.10. The molecule has 43 heavy (non-hydrogen) atoms. The van der Waals surface area contributed by atoms with Gasteiger partial charge in [-0.1, -0.05) is 64.8 Å². The molecule has 4 atom stereocenters. The predicted molar refractivity (Wildman–Crippen MR) is 168 cm³/mol. The third kappa shape index (κ3) is 5.52. The molecule has 1 saturated carbocycles. The number of esters is 1. The predicted octanol–water partition coefficient (Wildman–Crippen LogP) is 7.33. The molecular weight excluding hydrogens is 608 g/mol. The maximum Gasteiger partial charge on any atom is 0.339 e. The molecule has 3 aromatic carbocycles. The lowest BCUT2D eigenvalue weighted by Gasteiger charge is -2.25. The number of imide groups is 1. The zero-order chi connectivity index (χ0) is 30.4. The van der Waals surface area contributed by atoms with Crippen LogP contribution in [-0.4, -0.2) is 34.7 Å². The second-order valence-electron chi connectivity index (χ2n) is 11.7. The first-order chi connectivity index (χ1) is 20.6. The summed E-state index contributed by atoms with van der Waals surface area (Å²) in [7, 11) is 0. The second-order valence-corrected chi connectivity index (χ2v) is 12.6. The second kappa shape index (κ2) is 11.5. The zero-order valence-electron chi connectivity index (χ0n) is 24.2. The summed E-state index contributed by atoms with van der Waals surface area (Å²) in [5.41, 5.74) is 4.12. The number of fused-ring (bicyclic) bond motifs is 2. The van der Waals surface area contributed by atoms with Gasteiger partial charge in [0, 0.05) is 21.0 Å². The lowest BCUT2D eigenvalue weighted by Crippen LogP contribution is -2.30. The molecular formula is C35H31BrN2O5. The summed E-state index contributed by atoms with van der Waals surface area (Å²) in [6.45, 7) is 5.64. The Bertz CT molecular complexity index is 1770. The van der Waals surface area contributed by atoms with Gasteiger partial charge in [0.1, 0.15) is 0 Å². The number of carbonyl (C=O) groups excluding carboxylic acids is 4. The number of nitrogens with zero attached hydrogens (tertiary/aromatic N) is 2. The molecule has 1 aliphatic heterocycles. The zero-order valence-corrected chi connectivity index (χ0v) is 25.8. The monoisotopic (exact) mass is 638 g/mol. The van der Waals surface area contributed by atoms with Gasteiger partial charge in [0.15, 0.2) is 6.10 Å². The summed E-state index contributed by atoms with van der Waals surface area (Å²) in [5.74, 6) is -1.22. The molecule has 2 heterocycles. The van der Waals surface area contributed by atoms with Crippen LogP contribution in [0.15, 0.2) is 77.3 Å². The van der Waals surface area contributed by atoms with Gasteiger partial charge in [-0.2, -0.15) is 0 Å². The van der Waals surface area contributed by atoms with Crippen molar-refractivity contribution in [2.45, 2.75) is 46.1 Å². The van der Waals surface area contributed by atoms with E-state index in [0.29, 0.717) is 39.3 Å². The highest BCUT2D eigenvalue weighted by Crippen LogP contribution is 2.42. The Kier molecular flexibility index (Phi) is 7.73. The van der Waals surface area contributed by atoms with E-state index in [2.05, 4.69) is 22.9 Å². The number of carbonyl (C=O) groups is 4. The molecule has 4 aromatic rings. The molecule has 8 heteroatoms. The Balaban J connectivity index is 1.29. The van der Waals surface area contributed by atoms with Crippen molar-refractivity contribution in [1.29, 1.82) is 0 Å². The highest BCUT2D eigenvalue weighted by Gasteiger charge is 2.49. The molecule has 0 bridgehead atoms. The molecule has 0 spiro atoms. The van der Waals surface area contributed by atoms with Gasteiger partial charge in [-0.3, -0.25) is 19.3 Å². The minimum Gasteiger partial charge on any atom is -0.451 e. The van der Waals surface area contributed by atoms with Gasteiger partial charge in [-0.15, -0.1) is 0 Å².